The number of hydrogen-bond donors (Lipinski definition) is 2. The number of nitrogens with zero attached hydrogens (tertiary/aromatic N) is 1. The Morgan fingerprint density at radius 1 is 1.17 bits per heavy atom. The summed E-state index contributed by atoms with van der Waals surface area (Å²) in [4.78, 5) is 13.1. The Morgan fingerprint density at radius 2 is 1.91 bits per heavy atom. The molecule has 3 rings (SSSR count). The van der Waals surface area contributed by atoms with Crippen molar-refractivity contribution in [2.24, 2.45) is 5.84 Å². The van der Waals surface area contributed by atoms with Gasteiger partial charge in [0.1, 0.15) is 5.75 Å². The van der Waals surface area contributed by atoms with Crippen LogP contribution in [0.1, 0.15) is 11.1 Å². The first kappa shape index (κ1) is 15.2. The number of nitrogens with one attached hydrogen (secondary N) is 1. The number of alkyl halides is 3. The number of carbonyl (C=O) groups excluding carboxylic acids is 1. The van der Waals surface area contributed by atoms with Crippen LogP contribution in [-0.4, -0.2) is 6.03 Å². The van der Waals surface area contributed by atoms with Gasteiger partial charge in [0, 0.05) is 5.56 Å². The maximum Gasteiger partial charge on any atom is 0.416 e. The molecular weight excluding hydrogens is 311 g/mol. The molecule has 8 heteroatoms. The third-order valence-corrected chi connectivity index (χ3v) is 3.47. The lowest BCUT2D eigenvalue weighted by molar-refractivity contribution is -0.137. The maximum absolute atomic E-state index is 12.9. The lowest BCUT2D eigenvalue weighted by Crippen LogP contribution is -2.43. The molecule has 0 saturated heterocycles. The molecule has 0 unspecified atom stereocenters. The third-order valence-electron chi connectivity index (χ3n) is 3.47. The van der Waals surface area contributed by atoms with E-state index in [1.54, 1.807) is 24.3 Å². The van der Waals surface area contributed by atoms with E-state index in [1.807, 2.05) is 5.43 Å². The number of benzene rings is 2. The molecule has 2 aromatic rings. The van der Waals surface area contributed by atoms with Crippen molar-refractivity contribution in [3.05, 3.63) is 53.6 Å². The fourth-order valence-electron chi connectivity index (χ4n) is 2.36. The van der Waals surface area contributed by atoms with Gasteiger partial charge in [0.05, 0.1) is 17.8 Å². The molecule has 1 heterocycles. The zero-order valence-electron chi connectivity index (χ0n) is 11.7. The van der Waals surface area contributed by atoms with Gasteiger partial charge in [0.15, 0.2) is 5.75 Å². The number of carbonyl (C=O) groups is 1. The second-order valence-corrected chi connectivity index (χ2v) is 4.93. The van der Waals surface area contributed by atoms with Gasteiger partial charge in [0.2, 0.25) is 0 Å². The largest absolute Gasteiger partial charge is 0.455 e. The molecule has 0 fully saturated rings. The lowest BCUT2D eigenvalue weighted by atomic mass is 10.1. The average molecular weight is 323 g/mol. The first-order valence-electron chi connectivity index (χ1n) is 6.65. The van der Waals surface area contributed by atoms with Crippen LogP contribution in [0, 0.1) is 0 Å². The quantitative estimate of drug-likeness (QED) is 0.443. The highest BCUT2D eigenvalue weighted by atomic mass is 19.4. The monoisotopic (exact) mass is 323 g/mol. The fraction of sp³-hybridized carbons (Fsp3) is 0.133. The van der Waals surface area contributed by atoms with Gasteiger partial charge in [0.25, 0.3) is 0 Å². The molecule has 120 valence electrons. The summed E-state index contributed by atoms with van der Waals surface area (Å²) in [6.07, 6.45) is -4.53. The highest BCUT2D eigenvalue weighted by Gasteiger charge is 2.33. The Balaban J connectivity index is 2.16. The summed E-state index contributed by atoms with van der Waals surface area (Å²) in [7, 11) is 0. The van der Waals surface area contributed by atoms with Crippen LogP contribution in [0.4, 0.5) is 23.7 Å². The molecule has 5 nitrogen and oxygen atoms in total. The van der Waals surface area contributed by atoms with E-state index in [4.69, 9.17) is 10.6 Å². The van der Waals surface area contributed by atoms with Crippen molar-refractivity contribution in [3.8, 4) is 11.5 Å². The average Bonchev–Trinajstić information content (AvgIpc) is 2.69. The highest BCUT2D eigenvalue weighted by Crippen LogP contribution is 2.42. The molecule has 2 amide bonds. The van der Waals surface area contributed by atoms with Gasteiger partial charge in [-0.25, -0.2) is 10.6 Å². The number of hydrogen-bond acceptors (Lipinski definition) is 3. The zero-order valence-corrected chi connectivity index (χ0v) is 11.7. The SMILES string of the molecule is NNC(=O)N1Cc2ccccc2Oc2ccc(C(F)(F)F)cc21. The topological polar surface area (TPSA) is 67.6 Å². The van der Waals surface area contributed by atoms with Gasteiger partial charge in [-0.1, -0.05) is 18.2 Å². The minimum absolute atomic E-state index is 0.000949. The van der Waals surface area contributed by atoms with Gasteiger partial charge in [-0.2, -0.15) is 13.2 Å². The molecule has 0 atom stereocenters. The van der Waals surface area contributed by atoms with Crippen LogP contribution in [0.25, 0.3) is 0 Å². The van der Waals surface area contributed by atoms with Gasteiger partial charge in [-0.3, -0.25) is 10.3 Å². The molecule has 0 radical (unpaired) electrons. The number of para-hydroxylation sites is 1. The molecule has 0 spiro atoms. The number of rotatable bonds is 0. The number of anilines is 1. The number of halogens is 3. The Hall–Kier alpha value is -2.74. The van der Waals surface area contributed by atoms with Crippen molar-refractivity contribution in [1.82, 2.24) is 5.43 Å². The van der Waals surface area contributed by atoms with Crippen molar-refractivity contribution in [2.45, 2.75) is 12.7 Å². The van der Waals surface area contributed by atoms with E-state index in [-0.39, 0.29) is 18.0 Å². The number of urea groups is 1. The maximum atomic E-state index is 12.9. The molecule has 0 saturated carbocycles. The van der Waals surface area contributed by atoms with Crippen molar-refractivity contribution >= 4 is 11.7 Å². The molecule has 1 aliphatic heterocycles. The summed E-state index contributed by atoms with van der Waals surface area (Å²) in [5.74, 6) is 5.77. The van der Waals surface area contributed by atoms with Crippen LogP contribution in [0.15, 0.2) is 42.5 Å². The summed E-state index contributed by atoms with van der Waals surface area (Å²) < 4.78 is 44.5. The number of nitrogens with two attached hydrogens (primary N) is 1. The number of hydrazine groups is 1. The first-order valence-corrected chi connectivity index (χ1v) is 6.65. The standard InChI is InChI=1S/C15H12F3N3O2/c16-15(17,18)10-5-6-13-11(7-10)21(14(22)20-19)8-9-3-1-2-4-12(9)23-13/h1-7H,8,19H2,(H,20,22). The van der Waals surface area contributed by atoms with Crippen LogP contribution in [0.2, 0.25) is 0 Å². The summed E-state index contributed by atoms with van der Waals surface area (Å²) >= 11 is 0. The van der Waals surface area contributed by atoms with Gasteiger partial charge < -0.3 is 4.74 Å². The van der Waals surface area contributed by atoms with E-state index in [0.29, 0.717) is 11.3 Å². The normalized spacial score (nSPS) is 13.5. The Labute approximate surface area is 129 Å². The van der Waals surface area contributed by atoms with Crippen molar-refractivity contribution in [1.29, 1.82) is 0 Å². The molecule has 23 heavy (non-hydrogen) atoms. The first-order chi connectivity index (χ1) is 10.9. The van der Waals surface area contributed by atoms with Gasteiger partial charge in [-0.15, -0.1) is 0 Å². The number of amides is 2. The molecule has 0 aliphatic carbocycles. The summed E-state index contributed by atoms with van der Waals surface area (Å²) in [6, 6.07) is 9.13. The van der Waals surface area contributed by atoms with Crippen LogP contribution in [-0.2, 0) is 12.7 Å². The van der Waals surface area contributed by atoms with Crippen molar-refractivity contribution < 1.29 is 22.7 Å². The number of ether oxygens (including phenoxy) is 1. The minimum atomic E-state index is -4.53. The highest BCUT2D eigenvalue weighted by molar-refractivity contribution is 5.94. The Kier molecular flexibility index (Phi) is 3.61. The van der Waals surface area contributed by atoms with Crippen LogP contribution < -0.4 is 20.9 Å². The van der Waals surface area contributed by atoms with Crippen LogP contribution >= 0.6 is 0 Å². The van der Waals surface area contributed by atoms with Gasteiger partial charge in [-0.05, 0) is 24.3 Å². The smallest absolute Gasteiger partial charge is 0.416 e. The molecular formula is C15H12F3N3O2. The molecule has 3 N–H and O–H groups in total. The Morgan fingerprint density at radius 3 is 2.61 bits per heavy atom. The van der Waals surface area contributed by atoms with Crippen LogP contribution in [0.5, 0.6) is 11.5 Å². The van der Waals surface area contributed by atoms with Crippen LogP contribution in [0.3, 0.4) is 0 Å². The molecule has 0 bridgehead atoms. The third kappa shape index (κ3) is 2.80. The molecule has 0 aromatic heterocycles. The summed E-state index contributed by atoms with van der Waals surface area (Å²) in [5.41, 5.74) is 1.72. The number of fused-ring (bicyclic) bond motifs is 2. The second kappa shape index (κ2) is 5.47. The minimum Gasteiger partial charge on any atom is -0.455 e. The predicted octanol–water partition coefficient (Wildman–Crippen LogP) is 3.40. The molecule has 2 aromatic carbocycles. The van der Waals surface area contributed by atoms with Crippen molar-refractivity contribution in [3.63, 3.8) is 0 Å². The predicted molar refractivity (Wildman–Crippen MR) is 76.9 cm³/mol. The summed E-state index contributed by atoms with van der Waals surface area (Å²) in [6.45, 7) is 0.0352. The Bertz CT molecular complexity index is 762. The lowest BCUT2D eigenvalue weighted by Gasteiger charge is -2.22. The zero-order chi connectivity index (χ0) is 16.6. The van der Waals surface area contributed by atoms with E-state index in [9.17, 15) is 18.0 Å². The molecule has 1 aliphatic rings. The second-order valence-electron chi connectivity index (χ2n) is 4.93. The summed E-state index contributed by atoms with van der Waals surface area (Å²) in [5, 5.41) is 0. The van der Waals surface area contributed by atoms with E-state index >= 15 is 0 Å². The van der Waals surface area contributed by atoms with E-state index in [0.717, 1.165) is 17.0 Å². The fourth-order valence-corrected chi connectivity index (χ4v) is 2.36. The van der Waals surface area contributed by atoms with Crippen molar-refractivity contribution in [2.75, 3.05) is 4.90 Å². The van der Waals surface area contributed by atoms with Gasteiger partial charge >= 0.3 is 12.2 Å². The van der Waals surface area contributed by atoms with E-state index in [1.165, 1.54) is 6.07 Å². The van der Waals surface area contributed by atoms with E-state index < -0.39 is 17.8 Å². The van der Waals surface area contributed by atoms with E-state index in [2.05, 4.69) is 0 Å².